The molecule has 0 amide bonds. The first-order valence-corrected chi connectivity index (χ1v) is 7.62. The third-order valence-corrected chi connectivity index (χ3v) is 4.91. The standard InChI is InChI=1S/C15H21ClN2O3/c1-4-15(3)13(9-14(15)21-5-2)17-10-6-7-11(16)12(8-10)18(19)20/h6-8,13-14,17H,4-5,9H2,1-3H3. The van der Waals surface area contributed by atoms with Crippen LogP contribution in [0.25, 0.3) is 0 Å². The SMILES string of the molecule is CCOC1CC(Nc2ccc(Cl)c([N+](=O)[O-])c2)C1(C)CC. The van der Waals surface area contributed by atoms with Crippen LogP contribution in [0, 0.1) is 15.5 Å². The summed E-state index contributed by atoms with van der Waals surface area (Å²) < 4.78 is 5.76. The molecule has 0 aromatic heterocycles. The molecule has 0 heterocycles. The molecule has 1 saturated carbocycles. The molecule has 1 N–H and O–H groups in total. The molecule has 5 nitrogen and oxygen atoms in total. The Morgan fingerprint density at radius 2 is 2.24 bits per heavy atom. The van der Waals surface area contributed by atoms with E-state index in [4.69, 9.17) is 16.3 Å². The second-order valence-electron chi connectivity index (χ2n) is 5.66. The summed E-state index contributed by atoms with van der Waals surface area (Å²) in [6.07, 6.45) is 2.15. The van der Waals surface area contributed by atoms with E-state index < -0.39 is 4.92 Å². The second kappa shape index (κ2) is 6.20. The second-order valence-corrected chi connectivity index (χ2v) is 6.07. The maximum absolute atomic E-state index is 10.9. The molecule has 1 fully saturated rings. The minimum absolute atomic E-state index is 0.0461. The molecule has 0 radical (unpaired) electrons. The molecule has 6 heteroatoms. The van der Waals surface area contributed by atoms with E-state index in [2.05, 4.69) is 19.2 Å². The van der Waals surface area contributed by atoms with Gasteiger partial charge in [-0.25, -0.2) is 0 Å². The van der Waals surface area contributed by atoms with Gasteiger partial charge in [0.2, 0.25) is 0 Å². The Hall–Kier alpha value is -1.33. The molecule has 0 saturated heterocycles. The average molecular weight is 313 g/mol. The van der Waals surface area contributed by atoms with Gasteiger partial charge in [0.1, 0.15) is 5.02 Å². The molecule has 1 aliphatic carbocycles. The number of hydrogen-bond acceptors (Lipinski definition) is 4. The zero-order chi connectivity index (χ0) is 15.6. The highest BCUT2D eigenvalue weighted by Crippen LogP contribution is 2.47. The minimum Gasteiger partial charge on any atom is -0.381 e. The van der Waals surface area contributed by atoms with Crippen molar-refractivity contribution in [1.82, 2.24) is 0 Å². The molecule has 2 rings (SSSR count). The summed E-state index contributed by atoms with van der Waals surface area (Å²) in [4.78, 5) is 10.5. The highest BCUT2D eigenvalue weighted by Gasteiger charge is 2.51. The normalized spacial score (nSPS) is 28.0. The van der Waals surface area contributed by atoms with Gasteiger partial charge < -0.3 is 10.1 Å². The summed E-state index contributed by atoms with van der Waals surface area (Å²) in [5.74, 6) is 0. The van der Waals surface area contributed by atoms with Gasteiger partial charge in [-0.3, -0.25) is 10.1 Å². The number of benzene rings is 1. The number of nitrogens with zero attached hydrogens (tertiary/aromatic N) is 1. The Morgan fingerprint density at radius 3 is 2.81 bits per heavy atom. The maximum Gasteiger partial charge on any atom is 0.289 e. The minimum atomic E-state index is -0.462. The number of hydrogen-bond donors (Lipinski definition) is 1. The van der Waals surface area contributed by atoms with Crippen LogP contribution in [0.2, 0.25) is 5.02 Å². The Labute approximate surface area is 129 Å². The van der Waals surface area contributed by atoms with Crippen LogP contribution in [-0.4, -0.2) is 23.7 Å². The van der Waals surface area contributed by atoms with Crippen molar-refractivity contribution >= 4 is 23.0 Å². The molecule has 116 valence electrons. The van der Waals surface area contributed by atoms with E-state index in [0.717, 1.165) is 18.5 Å². The number of rotatable bonds is 6. The van der Waals surface area contributed by atoms with Gasteiger partial charge in [0.05, 0.1) is 11.0 Å². The van der Waals surface area contributed by atoms with Gasteiger partial charge in [-0.2, -0.15) is 0 Å². The highest BCUT2D eigenvalue weighted by atomic mass is 35.5. The van der Waals surface area contributed by atoms with E-state index in [9.17, 15) is 10.1 Å². The van der Waals surface area contributed by atoms with Crippen molar-refractivity contribution in [3.05, 3.63) is 33.3 Å². The number of anilines is 1. The zero-order valence-electron chi connectivity index (χ0n) is 12.6. The number of halogens is 1. The number of nitrogens with one attached hydrogen (secondary N) is 1. The number of nitro groups is 1. The van der Waals surface area contributed by atoms with Gasteiger partial charge in [0.25, 0.3) is 5.69 Å². The van der Waals surface area contributed by atoms with Crippen LogP contribution in [0.3, 0.4) is 0 Å². The molecule has 0 bridgehead atoms. The van der Waals surface area contributed by atoms with Crippen molar-refractivity contribution in [2.45, 2.75) is 45.8 Å². The molecule has 1 aromatic carbocycles. The molecule has 1 aromatic rings. The molecule has 21 heavy (non-hydrogen) atoms. The van der Waals surface area contributed by atoms with Crippen LogP contribution in [0.15, 0.2) is 18.2 Å². The summed E-state index contributed by atoms with van der Waals surface area (Å²) in [6, 6.07) is 5.08. The lowest BCUT2D eigenvalue weighted by molar-refractivity contribution is -0.384. The lowest BCUT2D eigenvalue weighted by Gasteiger charge is -2.53. The van der Waals surface area contributed by atoms with Crippen molar-refractivity contribution in [3.8, 4) is 0 Å². The first kappa shape index (κ1) is 16.0. The van der Waals surface area contributed by atoms with Gasteiger partial charge in [-0.05, 0) is 31.9 Å². The molecule has 3 atom stereocenters. The summed E-state index contributed by atoms with van der Waals surface area (Å²) in [5, 5.41) is 14.5. The van der Waals surface area contributed by atoms with Gasteiger partial charge in [-0.15, -0.1) is 0 Å². The molecule has 0 spiro atoms. The van der Waals surface area contributed by atoms with Crippen molar-refractivity contribution in [3.63, 3.8) is 0 Å². The largest absolute Gasteiger partial charge is 0.381 e. The smallest absolute Gasteiger partial charge is 0.289 e. The fourth-order valence-corrected chi connectivity index (χ4v) is 3.10. The number of ether oxygens (including phenoxy) is 1. The first-order chi connectivity index (χ1) is 9.92. The molecule has 1 aliphatic rings. The van der Waals surface area contributed by atoms with Gasteiger partial charge >= 0.3 is 0 Å². The maximum atomic E-state index is 10.9. The third kappa shape index (κ3) is 2.99. The Morgan fingerprint density at radius 1 is 1.52 bits per heavy atom. The summed E-state index contributed by atoms with van der Waals surface area (Å²) >= 11 is 5.83. The van der Waals surface area contributed by atoms with Crippen LogP contribution in [-0.2, 0) is 4.74 Å². The Balaban J connectivity index is 2.12. The Bertz CT molecular complexity index is 538. The van der Waals surface area contributed by atoms with Crippen molar-refractivity contribution in [2.75, 3.05) is 11.9 Å². The Kier molecular flexibility index (Phi) is 4.74. The quantitative estimate of drug-likeness (QED) is 0.630. The number of nitro benzene ring substituents is 1. The first-order valence-electron chi connectivity index (χ1n) is 7.24. The van der Waals surface area contributed by atoms with E-state index >= 15 is 0 Å². The van der Waals surface area contributed by atoms with Crippen LogP contribution in [0.5, 0.6) is 0 Å². The summed E-state index contributed by atoms with van der Waals surface area (Å²) in [6.45, 7) is 7.04. The average Bonchev–Trinajstić information content (AvgIpc) is 2.46. The zero-order valence-corrected chi connectivity index (χ0v) is 13.3. The topological polar surface area (TPSA) is 64.4 Å². The lowest BCUT2D eigenvalue weighted by Crippen LogP contribution is -2.59. The van der Waals surface area contributed by atoms with Crippen molar-refractivity contribution in [2.24, 2.45) is 5.41 Å². The summed E-state index contributed by atoms with van der Waals surface area (Å²) in [5.41, 5.74) is 0.705. The van der Waals surface area contributed by atoms with E-state index in [1.165, 1.54) is 6.07 Å². The van der Waals surface area contributed by atoms with Gasteiger partial charge in [-0.1, -0.05) is 25.4 Å². The predicted octanol–water partition coefficient (Wildman–Crippen LogP) is 4.25. The molecule has 3 unspecified atom stereocenters. The van der Waals surface area contributed by atoms with Crippen LogP contribution in [0.1, 0.15) is 33.6 Å². The monoisotopic (exact) mass is 312 g/mol. The fourth-order valence-electron chi connectivity index (χ4n) is 2.92. The van der Waals surface area contributed by atoms with Crippen LogP contribution >= 0.6 is 11.6 Å². The van der Waals surface area contributed by atoms with Crippen LogP contribution < -0.4 is 5.32 Å². The molecule has 0 aliphatic heterocycles. The summed E-state index contributed by atoms with van der Waals surface area (Å²) in [7, 11) is 0. The van der Waals surface area contributed by atoms with Gasteiger partial charge in [0, 0.05) is 29.8 Å². The third-order valence-electron chi connectivity index (χ3n) is 4.59. The van der Waals surface area contributed by atoms with E-state index in [0.29, 0.717) is 6.61 Å². The molecular weight excluding hydrogens is 292 g/mol. The van der Waals surface area contributed by atoms with Crippen molar-refractivity contribution in [1.29, 1.82) is 0 Å². The van der Waals surface area contributed by atoms with E-state index in [1.807, 2.05) is 6.92 Å². The van der Waals surface area contributed by atoms with Gasteiger partial charge in [0.15, 0.2) is 0 Å². The lowest BCUT2D eigenvalue weighted by atomic mass is 9.61. The fraction of sp³-hybridized carbons (Fsp3) is 0.600. The predicted molar refractivity (Wildman–Crippen MR) is 83.9 cm³/mol. The molecular formula is C15H21ClN2O3. The van der Waals surface area contributed by atoms with Crippen molar-refractivity contribution < 1.29 is 9.66 Å². The highest BCUT2D eigenvalue weighted by molar-refractivity contribution is 6.32. The van der Waals surface area contributed by atoms with E-state index in [1.54, 1.807) is 12.1 Å². The van der Waals surface area contributed by atoms with E-state index in [-0.39, 0.29) is 28.3 Å². The van der Waals surface area contributed by atoms with Crippen LogP contribution in [0.4, 0.5) is 11.4 Å².